The Labute approximate surface area is 201 Å². The number of nitrogens with two attached hydrogens (primary N) is 1. The minimum Gasteiger partial charge on any atom is -0.366 e. The monoisotopic (exact) mass is 509 g/mol. The number of rotatable bonds is 4. The van der Waals surface area contributed by atoms with Crippen molar-refractivity contribution in [2.24, 2.45) is 5.73 Å². The third kappa shape index (κ3) is 6.78. The summed E-state index contributed by atoms with van der Waals surface area (Å²) >= 11 is 11.2. The van der Waals surface area contributed by atoms with Crippen LogP contribution in [-0.4, -0.2) is 55.0 Å². The lowest BCUT2D eigenvalue weighted by atomic mass is 10.2. The molecule has 3 heterocycles. The molecular weight excluding hydrogens is 489 g/mol. The summed E-state index contributed by atoms with van der Waals surface area (Å²) in [6, 6.07) is 13.3. The summed E-state index contributed by atoms with van der Waals surface area (Å²) in [6.45, 7) is 3.18. The average Bonchev–Trinajstić information content (AvgIpc) is 2.79. The number of carbonyl (C=O) groups is 1. The number of hydrogen-bond acceptors (Lipinski definition) is 7. The molecule has 2 aromatic heterocycles. The summed E-state index contributed by atoms with van der Waals surface area (Å²) in [4.78, 5) is 23.2. The summed E-state index contributed by atoms with van der Waals surface area (Å²) in [7, 11) is -4.19. The molecule has 0 spiro atoms. The van der Waals surface area contributed by atoms with E-state index >= 15 is 0 Å². The predicted octanol–water partition coefficient (Wildman–Crippen LogP) is 3.14. The minimum atomic E-state index is -4.19. The van der Waals surface area contributed by atoms with Gasteiger partial charge in [-0.1, -0.05) is 29.3 Å². The van der Waals surface area contributed by atoms with Gasteiger partial charge in [0.05, 0.1) is 16.8 Å². The Morgan fingerprint density at radius 2 is 1.58 bits per heavy atom. The molecule has 1 aliphatic rings. The molecule has 33 heavy (non-hydrogen) atoms. The number of anilines is 2. The molecule has 0 unspecified atom stereocenters. The van der Waals surface area contributed by atoms with Crippen molar-refractivity contribution in [3.05, 3.63) is 76.5 Å². The van der Waals surface area contributed by atoms with E-state index in [0.29, 0.717) is 10.8 Å². The van der Waals surface area contributed by atoms with Gasteiger partial charge in [-0.05, 0) is 42.5 Å². The first-order valence-electron chi connectivity index (χ1n) is 9.74. The van der Waals surface area contributed by atoms with Crippen LogP contribution in [0.4, 0.5) is 11.6 Å². The Bertz CT molecular complexity index is 1200. The van der Waals surface area contributed by atoms with Gasteiger partial charge >= 0.3 is 0 Å². The highest BCUT2D eigenvalue weighted by Crippen LogP contribution is 2.20. The van der Waals surface area contributed by atoms with E-state index in [-0.39, 0.29) is 15.5 Å². The van der Waals surface area contributed by atoms with Crippen LogP contribution in [-0.2, 0) is 10.1 Å². The van der Waals surface area contributed by atoms with Crippen LogP contribution in [0.2, 0.25) is 10.0 Å². The zero-order valence-corrected chi connectivity index (χ0v) is 19.6. The van der Waals surface area contributed by atoms with E-state index in [2.05, 4.69) is 19.8 Å². The highest BCUT2D eigenvalue weighted by Gasteiger charge is 2.19. The highest BCUT2D eigenvalue weighted by atomic mass is 35.5. The van der Waals surface area contributed by atoms with Crippen LogP contribution in [0.3, 0.4) is 0 Å². The second kappa shape index (κ2) is 10.8. The molecule has 1 fully saturated rings. The molecule has 1 aromatic carbocycles. The number of carbonyl (C=O) groups excluding carboxylic acids is 1. The van der Waals surface area contributed by atoms with E-state index in [1.54, 1.807) is 18.3 Å². The summed E-state index contributed by atoms with van der Waals surface area (Å²) in [6.07, 6.45) is 2.95. The van der Waals surface area contributed by atoms with E-state index < -0.39 is 16.0 Å². The van der Waals surface area contributed by atoms with Crippen molar-refractivity contribution < 1.29 is 17.8 Å². The smallest absolute Gasteiger partial charge is 0.296 e. The van der Waals surface area contributed by atoms with Crippen molar-refractivity contribution in [2.45, 2.75) is 4.90 Å². The number of aromatic nitrogens is 2. The number of nitrogens with zero attached hydrogens (tertiary/aromatic N) is 4. The first-order valence-corrected chi connectivity index (χ1v) is 11.9. The fourth-order valence-corrected chi connectivity index (χ4v) is 4.03. The standard InChI is InChI=1S/C14H16N4O3S.C7H5Cl2NO/c19-22(20,21)12-4-5-14(16-11-12)18-9-7-17(8-10-18)13-3-1-2-6-15-13;8-4-1-2-5(7(10)11)6(9)3-4/h1-6,11H,7-10H2,(H,19,20,21);1-3H,(H2,10,11). The second-order valence-electron chi connectivity index (χ2n) is 6.98. The van der Waals surface area contributed by atoms with Gasteiger partial charge in [-0.25, -0.2) is 9.97 Å². The number of halogens is 2. The van der Waals surface area contributed by atoms with E-state index in [0.717, 1.165) is 32.0 Å². The number of piperazine rings is 1. The number of hydrogen-bond donors (Lipinski definition) is 2. The lowest BCUT2D eigenvalue weighted by Crippen LogP contribution is -2.47. The highest BCUT2D eigenvalue weighted by molar-refractivity contribution is 7.85. The topological polar surface area (TPSA) is 130 Å². The molecule has 0 atom stereocenters. The fourth-order valence-electron chi connectivity index (χ4n) is 3.11. The van der Waals surface area contributed by atoms with Gasteiger partial charge in [0.1, 0.15) is 16.5 Å². The largest absolute Gasteiger partial charge is 0.366 e. The lowest BCUT2D eigenvalue weighted by molar-refractivity contribution is 0.100. The van der Waals surface area contributed by atoms with Crippen molar-refractivity contribution in [2.75, 3.05) is 36.0 Å². The molecule has 0 bridgehead atoms. The Balaban J connectivity index is 0.000000235. The molecule has 12 heteroatoms. The van der Waals surface area contributed by atoms with Crippen molar-refractivity contribution in [1.29, 1.82) is 0 Å². The van der Waals surface area contributed by atoms with Crippen LogP contribution < -0.4 is 15.5 Å². The molecule has 1 aliphatic heterocycles. The van der Waals surface area contributed by atoms with Crippen LogP contribution in [0.5, 0.6) is 0 Å². The Hall–Kier alpha value is -2.92. The van der Waals surface area contributed by atoms with Crippen LogP contribution in [0.15, 0.2) is 65.8 Å². The van der Waals surface area contributed by atoms with Gasteiger partial charge in [0.2, 0.25) is 5.91 Å². The number of pyridine rings is 2. The third-order valence-electron chi connectivity index (χ3n) is 4.79. The molecule has 174 valence electrons. The Morgan fingerprint density at radius 1 is 0.939 bits per heavy atom. The molecule has 4 rings (SSSR count). The third-order valence-corrected chi connectivity index (χ3v) is 6.18. The Kier molecular flexibility index (Phi) is 8.09. The maximum absolute atomic E-state index is 11.0. The van der Waals surface area contributed by atoms with E-state index in [4.69, 9.17) is 33.5 Å². The number of amides is 1. The van der Waals surface area contributed by atoms with Crippen LogP contribution in [0.1, 0.15) is 10.4 Å². The zero-order valence-electron chi connectivity index (χ0n) is 17.3. The van der Waals surface area contributed by atoms with Gasteiger partial charge in [-0.3, -0.25) is 9.35 Å². The van der Waals surface area contributed by atoms with Gasteiger partial charge in [-0.2, -0.15) is 8.42 Å². The summed E-state index contributed by atoms with van der Waals surface area (Å²) in [5.74, 6) is 1.11. The normalized spacial score (nSPS) is 13.8. The van der Waals surface area contributed by atoms with Crippen molar-refractivity contribution in [3.63, 3.8) is 0 Å². The minimum absolute atomic E-state index is 0.191. The first-order chi connectivity index (χ1) is 15.6. The Morgan fingerprint density at radius 3 is 2.03 bits per heavy atom. The quantitative estimate of drug-likeness (QED) is 0.512. The maximum Gasteiger partial charge on any atom is 0.296 e. The van der Waals surface area contributed by atoms with Crippen molar-refractivity contribution >= 4 is 50.9 Å². The molecule has 9 nitrogen and oxygen atoms in total. The van der Waals surface area contributed by atoms with E-state index in [1.165, 1.54) is 24.4 Å². The average molecular weight is 510 g/mol. The first kappa shape index (κ1) is 24.7. The number of benzene rings is 1. The van der Waals surface area contributed by atoms with E-state index in [1.807, 2.05) is 18.2 Å². The molecule has 1 saturated heterocycles. The maximum atomic E-state index is 11.0. The van der Waals surface area contributed by atoms with E-state index in [9.17, 15) is 13.2 Å². The van der Waals surface area contributed by atoms with Crippen LogP contribution in [0.25, 0.3) is 0 Å². The fraction of sp³-hybridized carbons (Fsp3) is 0.190. The number of primary amides is 1. The molecule has 3 aromatic rings. The molecule has 1 amide bonds. The molecule has 3 N–H and O–H groups in total. The second-order valence-corrected chi connectivity index (χ2v) is 9.24. The SMILES string of the molecule is NC(=O)c1ccc(Cl)cc1Cl.O=S(=O)(O)c1ccc(N2CCN(c3ccccn3)CC2)nc1. The van der Waals surface area contributed by atoms with Crippen molar-refractivity contribution in [1.82, 2.24) is 9.97 Å². The van der Waals surface area contributed by atoms with Gasteiger partial charge in [0, 0.05) is 37.4 Å². The summed E-state index contributed by atoms with van der Waals surface area (Å²) in [5, 5.41) is 0.769. The van der Waals surface area contributed by atoms with Gasteiger partial charge in [0.15, 0.2) is 0 Å². The van der Waals surface area contributed by atoms with Gasteiger partial charge < -0.3 is 15.5 Å². The molecular formula is C21H21Cl2N5O4S. The van der Waals surface area contributed by atoms with Crippen molar-refractivity contribution in [3.8, 4) is 0 Å². The van der Waals surface area contributed by atoms with Crippen LogP contribution >= 0.6 is 23.2 Å². The molecule has 0 saturated carbocycles. The molecule has 0 radical (unpaired) electrons. The van der Waals surface area contributed by atoms with Gasteiger partial charge in [0.25, 0.3) is 10.1 Å². The molecule has 0 aliphatic carbocycles. The van der Waals surface area contributed by atoms with Gasteiger partial charge in [-0.15, -0.1) is 0 Å². The lowest BCUT2D eigenvalue weighted by Gasteiger charge is -2.36. The predicted molar refractivity (Wildman–Crippen MR) is 128 cm³/mol. The summed E-state index contributed by atoms with van der Waals surface area (Å²) < 4.78 is 31.0. The summed E-state index contributed by atoms with van der Waals surface area (Å²) in [5.41, 5.74) is 5.29. The zero-order chi connectivity index (χ0) is 24.0. The van der Waals surface area contributed by atoms with Crippen LogP contribution in [0, 0.1) is 0 Å².